The van der Waals surface area contributed by atoms with Crippen molar-refractivity contribution in [1.29, 1.82) is 0 Å². The van der Waals surface area contributed by atoms with E-state index in [2.05, 4.69) is 14.7 Å². The summed E-state index contributed by atoms with van der Waals surface area (Å²) in [6.07, 6.45) is 7.07. The second-order valence-corrected chi connectivity index (χ2v) is 8.46. The summed E-state index contributed by atoms with van der Waals surface area (Å²) in [4.78, 5) is 22.0. The molecule has 1 saturated carbocycles. The third kappa shape index (κ3) is 3.05. The van der Waals surface area contributed by atoms with Crippen molar-refractivity contribution in [3.8, 4) is 0 Å². The monoisotopic (exact) mass is 372 g/mol. The normalized spacial score (nSPS) is 16.9. The Bertz CT molecular complexity index is 953. The number of hydrogen-bond donors (Lipinski definition) is 1. The summed E-state index contributed by atoms with van der Waals surface area (Å²) in [6.45, 7) is 2.09. The van der Waals surface area contributed by atoms with Crippen molar-refractivity contribution >= 4 is 27.3 Å². The van der Waals surface area contributed by atoms with Crippen molar-refractivity contribution in [2.45, 2.75) is 43.4 Å². The highest BCUT2D eigenvalue weighted by molar-refractivity contribution is 7.92. The first-order valence-corrected chi connectivity index (χ1v) is 10.2. The van der Waals surface area contributed by atoms with Crippen molar-refractivity contribution in [3.05, 3.63) is 42.0 Å². The van der Waals surface area contributed by atoms with Gasteiger partial charge in [-0.1, -0.05) is 6.42 Å². The number of nitrogens with one attached hydrogen (secondary N) is 1. The lowest BCUT2D eigenvalue weighted by Crippen LogP contribution is -2.25. The van der Waals surface area contributed by atoms with Crippen LogP contribution in [-0.2, 0) is 21.2 Å². The van der Waals surface area contributed by atoms with Gasteiger partial charge in [-0.25, -0.2) is 18.4 Å². The SMILES string of the molecule is CC(=O)N1CCc2cc(S(=O)(=O)Nc3cnc(C4CCC4)nc3)ccc21. The van der Waals surface area contributed by atoms with E-state index in [1.165, 1.54) is 31.8 Å². The van der Waals surface area contributed by atoms with Gasteiger partial charge in [0, 0.05) is 25.1 Å². The van der Waals surface area contributed by atoms with E-state index in [1.807, 2.05) is 0 Å². The molecule has 8 heteroatoms. The van der Waals surface area contributed by atoms with Crippen LogP contribution < -0.4 is 9.62 Å². The van der Waals surface area contributed by atoms with Crippen molar-refractivity contribution in [2.75, 3.05) is 16.2 Å². The predicted octanol–water partition coefficient (Wildman–Crippen LogP) is 2.45. The second kappa shape index (κ2) is 6.35. The first-order chi connectivity index (χ1) is 12.4. The van der Waals surface area contributed by atoms with Crippen LogP contribution in [0.5, 0.6) is 0 Å². The van der Waals surface area contributed by atoms with Gasteiger partial charge in [-0.3, -0.25) is 9.52 Å². The summed E-state index contributed by atoms with van der Waals surface area (Å²) in [5.41, 5.74) is 1.99. The van der Waals surface area contributed by atoms with Crippen molar-refractivity contribution in [3.63, 3.8) is 0 Å². The molecule has 0 saturated heterocycles. The Labute approximate surface area is 152 Å². The predicted molar refractivity (Wildman–Crippen MR) is 97.6 cm³/mol. The zero-order chi connectivity index (χ0) is 18.3. The molecule has 1 N–H and O–H groups in total. The van der Waals surface area contributed by atoms with Gasteiger partial charge in [0.15, 0.2) is 0 Å². The van der Waals surface area contributed by atoms with E-state index in [9.17, 15) is 13.2 Å². The maximum Gasteiger partial charge on any atom is 0.262 e. The topological polar surface area (TPSA) is 92.3 Å². The molecule has 1 aliphatic carbocycles. The summed E-state index contributed by atoms with van der Waals surface area (Å²) in [6, 6.07) is 4.84. The maximum absolute atomic E-state index is 12.7. The third-order valence-corrected chi connectivity index (χ3v) is 6.41. The molecular weight excluding hydrogens is 352 g/mol. The number of benzene rings is 1. The number of rotatable bonds is 4. The molecule has 0 spiro atoms. The molecule has 1 amide bonds. The first-order valence-electron chi connectivity index (χ1n) is 8.70. The molecule has 0 unspecified atom stereocenters. The fraction of sp³-hybridized carbons (Fsp3) is 0.389. The molecule has 1 aliphatic heterocycles. The molecule has 1 aromatic carbocycles. The van der Waals surface area contributed by atoms with Crippen molar-refractivity contribution in [1.82, 2.24) is 9.97 Å². The van der Waals surface area contributed by atoms with Gasteiger partial charge in [0.25, 0.3) is 10.0 Å². The van der Waals surface area contributed by atoms with E-state index in [0.717, 1.165) is 29.9 Å². The number of amides is 1. The lowest BCUT2D eigenvalue weighted by Gasteiger charge is -2.23. The van der Waals surface area contributed by atoms with Crippen LogP contribution in [0.1, 0.15) is 43.5 Å². The zero-order valence-electron chi connectivity index (χ0n) is 14.5. The molecule has 2 aliphatic rings. The second-order valence-electron chi connectivity index (χ2n) is 6.77. The maximum atomic E-state index is 12.7. The number of anilines is 2. The lowest BCUT2D eigenvalue weighted by atomic mass is 9.85. The van der Waals surface area contributed by atoms with Crippen molar-refractivity contribution in [2.24, 2.45) is 0 Å². The number of carbonyl (C=O) groups excluding carboxylic acids is 1. The minimum Gasteiger partial charge on any atom is -0.312 e. The molecule has 4 rings (SSSR count). The van der Waals surface area contributed by atoms with Crippen LogP contribution >= 0.6 is 0 Å². The molecule has 2 aromatic rings. The Kier molecular flexibility index (Phi) is 4.14. The summed E-state index contributed by atoms with van der Waals surface area (Å²) in [5, 5.41) is 0. The largest absolute Gasteiger partial charge is 0.312 e. The van der Waals surface area contributed by atoms with Crippen LogP contribution in [0.4, 0.5) is 11.4 Å². The van der Waals surface area contributed by atoms with Gasteiger partial charge in [-0.15, -0.1) is 0 Å². The van der Waals surface area contributed by atoms with Gasteiger partial charge in [-0.05, 0) is 43.0 Å². The van der Waals surface area contributed by atoms with Crippen LogP contribution in [0.2, 0.25) is 0 Å². The molecule has 1 aromatic heterocycles. The Hall–Kier alpha value is -2.48. The average Bonchev–Trinajstić information content (AvgIpc) is 2.98. The van der Waals surface area contributed by atoms with Crippen LogP contribution in [0.25, 0.3) is 0 Å². The van der Waals surface area contributed by atoms with Crippen LogP contribution in [0.3, 0.4) is 0 Å². The summed E-state index contributed by atoms with van der Waals surface area (Å²) < 4.78 is 27.8. The molecule has 7 nitrogen and oxygen atoms in total. The van der Waals surface area contributed by atoms with E-state index in [0.29, 0.717) is 24.6 Å². The molecule has 0 atom stereocenters. The van der Waals surface area contributed by atoms with Gasteiger partial charge in [-0.2, -0.15) is 0 Å². The van der Waals surface area contributed by atoms with E-state index < -0.39 is 10.0 Å². The number of carbonyl (C=O) groups is 1. The molecule has 0 bridgehead atoms. The average molecular weight is 372 g/mol. The molecule has 1 fully saturated rings. The highest BCUT2D eigenvalue weighted by atomic mass is 32.2. The van der Waals surface area contributed by atoms with E-state index >= 15 is 0 Å². The molecule has 26 heavy (non-hydrogen) atoms. The number of nitrogens with zero attached hydrogens (tertiary/aromatic N) is 3. The smallest absolute Gasteiger partial charge is 0.262 e. The Balaban J connectivity index is 1.54. The number of fused-ring (bicyclic) bond motifs is 1. The minimum atomic E-state index is -3.73. The van der Waals surface area contributed by atoms with Crippen LogP contribution in [0.15, 0.2) is 35.5 Å². The lowest BCUT2D eigenvalue weighted by molar-refractivity contribution is -0.116. The molecular formula is C18H20N4O3S. The number of sulfonamides is 1. The van der Waals surface area contributed by atoms with E-state index in [4.69, 9.17) is 0 Å². The minimum absolute atomic E-state index is 0.0406. The first kappa shape index (κ1) is 17.0. The Morgan fingerprint density at radius 2 is 1.96 bits per heavy atom. The zero-order valence-corrected chi connectivity index (χ0v) is 15.3. The van der Waals surface area contributed by atoms with E-state index in [1.54, 1.807) is 17.0 Å². The Morgan fingerprint density at radius 1 is 1.23 bits per heavy atom. The molecule has 2 heterocycles. The quantitative estimate of drug-likeness (QED) is 0.890. The number of aromatic nitrogens is 2. The van der Waals surface area contributed by atoms with Gasteiger partial charge in [0.2, 0.25) is 5.91 Å². The number of hydrogen-bond acceptors (Lipinski definition) is 5. The fourth-order valence-electron chi connectivity index (χ4n) is 3.35. The fourth-order valence-corrected chi connectivity index (χ4v) is 4.43. The standard InChI is InChI=1S/C18H20N4O3S/c1-12(23)22-8-7-14-9-16(5-6-17(14)22)26(24,25)21-15-10-19-18(20-11-15)13-3-2-4-13/h5-6,9-11,13,21H,2-4,7-8H2,1H3. The highest BCUT2D eigenvalue weighted by Crippen LogP contribution is 2.34. The Morgan fingerprint density at radius 3 is 2.58 bits per heavy atom. The van der Waals surface area contributed by atoms with Crippen LogP contribution in [0, 0.1) is 0 Å². The van der Waals surface area contributed by atoms with Crippen LogP contribution in [-0.4, -0.2) is 30.8 Å². The van der Waals surface area contributed by atoms with Gasteiger partial charge in [0.05, 0.1) is 23.0 Å². The third-order valence-electron chi connectivity index (χ3n) is 5.03. The molecule has 136 valence electrons. The molecule has 0 radical (unpaired) electrons. The summed E-state index contributed by atoms with van der Waals surface area (Å²) in [7, 11) is -3.73. The van der Waals surface area contributed by atoms with Gasteiger partial charge in [0.1, 0.15) is 5.82 Å². The van der Waals surface area contributed by atoms with Gasteiger partial charge < -0.3 is 4.90 Å². The van der Waals surface area contributed by atoms with E-state index in [-0.39, 0.29) is 10.8 Å². The highest BCUT2D eigenvalue weighted by Gasteiger charge is 2.25. The van der Waals surface area contributed by atoms with Crippen molar-refractivity contribution < 1.29 is 13.2 Å². The van der Waals surface area contributed by atoms with Gasteiger partial charge >= 0.3 is 0 Å². The summed E-state index contributed by atoms with van der Waals surface area (Å²) >= 11 is 0. The summed E-state index contributed by atoms with van der Waals surface area (Å²) in [5.74, 6) is 1.14.